The number of fused-ring (bicyclic) bond motifs is 1. The second kappa shape index (κ2) is 9.34. The van der Waals surface area contributed by atoms with E-state index in [1.54, 1.807) is 6.07 Å². The SMILES string of the molecule is O=C(NCC1CCS(=O)(=O)CC1)N1CCC(C(F)(F)C(O)c2cc(Cl)cc3cn[nH]c23)CC1. The topological polar surface area (TPSA) is 115 Å². The van der Waals surface area contributed by atoms with Crippen LogP contribution in [0.5, 0.6) is 0 Å². The maximum atomic E-state index is 15.2. The van der Waals surface area contributed by atoms with E-state index >= 15 is 8.78 Å². The highest BCUT2D eigenvalue weighted by Crippen LogP contribution is 2.44. The van der Waals surface area contributed by atoms with Gasteiger partial charge in [-0.3, -0.25) is 5.10 Å². The first-order valence-electron chi connectivity index (χ1n) is 11.0. The number of piperidine rings is 1. The number of aliphatic hydroxyl groups excluding tert-OH is 1. The van der Waals surface area contributed by atoms with Gasteiger partial charge in [-0.05, 0) is 43.7 Å². The van der Waals surface area contributed by atoms with Gasteiger partial charge in [0.2, 0.25) is 0 Å². The number of halogens is 3. The Labute approximate surface area is 195 Å². The number of aromatic nitrogens is 2. The van der Waals surface area contributed by atoms with E-state index in [2.05, 4.69) is 15.5 Å². The second-order valence-electron chi connectivity index (χ2n) is 8.95. The zero-order chi connectivity index (χ0) is 23.8. The van der Waals surface area contributed by atoms with Crippen LogP contribution >= 0.6 is 11.6 Å². The van der Waals surface area contributed by atoms with Crippen LogP contribution in [0.4, 0.5) is 13.6 Å². The molecular formula is C21H27ClF2N4O4S. The number of aromatic amines is 1. The highest BCUT2D eigenvalue weighted by atomic mass is 35.5. The van der Waals surface area contributed by atoms with Crippen molar-refractivity contribution < 1.29 is 27.1 Å². The number of aliphatic hydroxyl groups is 1. The van der Waals surface area contributed by atoms with Gasteiger partial charge >= 0.3 is 6.03 Å². The molecule has 2 aliphatic rings. The predicted octanol–water partition coefficient (Wildman–Crippen LogP) is 3.13. The first-order valence-corrected chi connectivity index (χ1v) is 13.2. The van der Waals surface area contributed by atoms with Crippen LogP contribution in [0, 0.1) is 11.8 Å². The largest absolute Gasteiger partial charge is 0.382 e. The minimum absolute atomic E-state index is 0.00494. The molecule has 182 valence electrons. The van der Waals surface area contributed by atoms with Crippen LogP contribution in [0.25, 0.3) is 10.9 Å². The van der Waals surface area contributed by atoms with Crippen molar-refractivity contribution in [2.45, 2.75) is 37.7 Å². The number of H-pyrrole nitrogens is 1. The summed E-state index contributed by atoms with van der Waals surface area (Å²) < 4.78 is 53.5. The van der Waals surface area contributed by atoms with Crippen molar-refractivity contribution in [2.75, 3.05) is 31.1 Å². The summed E-state index contributed by atoms with van der Waals surface area (Å²) in [4.78, 5) is 14.0. The highest BCUT2D eigenvalue weighted by Gasteiger charge is 2.49. The second-order valence-corrected chi connectivity index (χ2v) is 11.7. The summed E-state index contributed by atoms with van der Waals surface area (Å²) in [5, 5.41) is 20.7. The van der Waals surface area contributed by atoms with Gasteiger partial charge in [0.05, 0.1) is 23.2 Å². The fraction of sp³-hybridized carbons (Fsp3) is 0.619. The summed E-state index contributed by atoms with van der Waals surface area (Å²) in [6.45, 7) is 0.665. The molecule has 4 rings (SSSR count). The molecule has 8 nitrogen and oxygen atoms in total. The van der Waals surface area contributed by atoms with Gasteiger partial charge in [0, 0.05) is 41.5 Å². The van der Waals surface area contributed by atoms with E-state index in [4.69, 9.17) is 11.6 Å². The molecule has 2 saturated heterocycles. The van der Waals surface area contributed by atoms with Crippen molar-refractivity contribution >= 4 is 38.4 Å². The van der Waals surface area contributed by atoms with Gasteiger partial charge in [-0.15, -0.1) is 0 Å². The van der Waals surface area contributed by atoms with Crippen molar-refractivity contribution in [3.8, 4) is 0 Å². The van der Waals surface area contributed by atoms with Crippen LogP contribution in [0.2, 0.25) is 5.02 Å². The highest BCUT2D eigenvalue weighted by molar-refractivity contribution is 7.91. The number of sulfone groups is 1. The molecule has 2 aliphatic heterocycles. The lowest BCUT2D eigenvalue weighted by Gasteiger charge is -2.38. The van der Waals surface area contributed by atoms with Crippen LogP contribution in [-0.2, 0) is 9.84 Å². The van der Waals surface area contributed by atoms with Crippen LogP contribution in [0.3, 0.4) is 0 Å². The lowest BCUT2D eigenvalue weighted by atomic mass is 9.85. The summed E-state index contributed by atoms with van der Waals surface area (Å²) in [5.74, 6) is -4.15. The number of carbonyl (C=O) groups is 1. The summed E-state index contributed by atoms with van der Waals surface area (Å²) >= 11 is 6.04. The van der Waals surface area contributed by atoms with Gasteiger partial charge in [-0.1, -0.05) is 11.6 Å². The summed E-state index contributed by atoms with van der Waals surface area (Å²) in [5.41, 5.74) is 0.313. The molecule has 1 aromatic carbocycles. The zero-order valence-electron chi connectivity index (χ0n) is 17.9. The van der Waals surface area contributed by atoms with Gasteiger partial charge in [0.1, 0.15) is 15.9 Å². The number of likely N-dealkylation sites (tertiary alicyclic amines) is 1. The Balaban J connectivity index is 1.33. The van der Waals surface area contributed by atoms with Gasteiger partial charge in [-0.2, -0.15) is 5.10 Å². The van der Waals surface area contributed by atoms with Crippen molar-refractivity contribution in [1.29, 1.82) is 0 Å². The Morgan fingerprint density at radius 1 is 1.27 bits per heavy atom. The minimum atomic E-state index is -3.42. The number of nitrogens with one attached hydrogen (secondary N) is 2. The van der Waals surface area contributed by atoms with Crippen LogP contribution in [0.15, 0.2) is 18.3 Å². The number of nitrogens with zero attached hydrogens (tertiary/aromatic N) is 2. The standard InChI is InChI=1S/C21H27ClF2N4O4S/c22-16-9-14-12-26-27-18(14)17(10-16)19(29)21(23,24)15-1-5-28(6-2-15)20(30)25-11-13-3-7-33(31,32)8-4-13/h9-10,12-13,15,19,29H,1-8,11H2,(H,25,30)(H,26,27). The van der Waals surface area contributed by atoms with E-state index in [9.17, 15) is 18.3 Å². The molecule has 1 atom stereocenters. The molecule has 2 amide bonds. The van der Waals surface area contributed by atoms with E-state index in [1.807, 2.05) is 0 Å². The summed E-state index contributed by atoms with van der Waals surface area (Å²) in [7, 11) is -2.96. The molecular weight excluding hydrogens is 478 g/mol. The lowest BCUT2D eigenvalue weighted by Crippen LogP contribution is -2.49. The van der Waals surface area contributed by atoms with E-state index < -0.39 is 27.8 Å². The Morgan fingerprint density at radius 3 is 2.61 bits per heavy atom. The Bertz CT molecular complexity index is 1100. The number of carbonyl (C=O) groups excluding carboxylic acids is 1. The Kier molecular flexibility index (Phi) is 6.84. The molecule has 12 heteroatoms. The van der Waals surface area contributed by atoms with E-state index in [1.165, 1.54) is 17.2 Å². The average molecular weight is 505 g/mol. The molecule has 1 aromatic heterocycles. The molecule has 0 saturated carbocycles. The van der Waals surface area contributed by atoms with Gasteiger partial charge < -0.3 is 15.3 Å². The number of alkyl halides is 2. The maximum absolute atomic E-state index is 15.2. The number of urea groups is 1. The van der Waals surface area contributed by atoms with Crippen LogP contribution in [-0.4, -0.2) is 71.7 Å². The molecule has 0 bridgehead atoms. The smallest absolute Gasteiger partial charge is 0.317 e. The Morgan fingerprint density at radius 2 is 1.94 bits per heavy atom. The first-order chi connectivity index (χ1) is 15.6. The number of rotatable bonds is 5. The monoisotopic (exact) mass is 504 g/mol. The number of hydrogen-bond donors (Lipinski definition) is 3. The van der Waals surface area contributed by atoms with E-state index in [0.29, 0.717) is 30.3 Å². The molecule has 2 aromatic rings. The maximum Gasteiger partial charge on any atom is 0.317 e. The summed E-state index contributed by atoms with van der Waals surface area (Å²) in [6.07, 6.45) is 0.521. The molecule has 0 radical (unpaired) electrons. The molecule has 33 heavy (non-hydrogen) atoms. The predicted molar refractivity (Wildman–Crippen MR) is 120 cm³/mol. The van der Waals surface area contributed by atoms with Gasteiger partial charge in [-0.25, -0.2) is 22.0 Å². The molecule has 0 aliphatic carbocycles. The van der Waals surface area contributed by atoms with Crippen LogP contribution < -0.4 is 5.32 Å². The normalized spacial score (nSPS) is 21.3. The van der Waals surface area contributed by atoms with Gasteiger partial charge in [0.25, 0.3) is 5.92 Å². The number of hydrogen-bond acceptors (Lipinski definition) is 5. The lowest BCUT2D eigenvalue weighted by molar-refractivity contribution is -0.159. The van der Waals surface area contributed by atoms with Crippen LogP contribution in [0.1, 0.15) is 37.4 Å². The fourth-order valence-electron chi connectivity index (χ4n) is 4.65. The quantitative estimate of drug-likeness (QED) is 0.578. The van der Waals surface area contributed by atoms with Crippen molar-refractivity contribution in [3.05, 3.63) is 28.9 Å². The van der Waals surface area contributed by atoms with Gasteiger partial charge in [0.15, 0.2) is 0 Å². The number of amides is 2. The molecule has 3 N–H and O–H groups in total. The average Bonchev–Trinajstić information content (AvgIpc) is 3.25. The zero-order valence-corrected chi connectivity index (χ0v) is 19.5. The third-order valence-electron chi connectivity index (χ3n) is 6.75. The Hall–Kier alpha value is -1.98. The third kappa shape index (κ3) is 5.25. The summed E-state index contributed by atoms with van der Waals surface area (Å²) in [6, 6.07) is 2.57. The van der Waals surface area contributed by atoms with Crippen molar-refractivity contribution in [3.63, 3.8) is 0 Å². The minimum Gasteiger partial charge on any atom is -0.382 e. The van der Waals surface area contributed by atoms with Crippen molar-refractivity contribution in [2.24, 2.45) is 11.8 Å². The molecule has 3 heterocycles. The third-order valence-corrected chi connectivity index (χ3v) is 8.68. The fourth-order valence-corrected chi connectivity index (χ4v) is 6.47. The van der Waals surface area contributed by atoms with E-state index in [-0.39, 0.29) is 60.0 Å². The first kappa shape index (κ1) is 24.2. The molecule has 0 spiro atoms. The van der Waals surface area contributed by atoms with E-state index in [0.717, 1.165) is 0 Å². The number of benzene rings is 1. The molecule has 2 fully saturated rings. The molecule has 1 unspecified atom stereocenters. The van der Waals surface area contributed by atoms with Crippen molar-refractivity contribution in [1.82, 2.24) is 20.4 Å².